The van der Waals surface area contributed by atoms with Crippen LogP contribution in [0.5, 0.6) is 0 Å². The molecule has 76 valence electrons. The van der Waals surface area contributed by atoms with Gasteiger partial charge < -0.3 is 0 Å². The lowest BCUT2D eigenvalue weighted by Gasteiger charge is -2.18. The molecule has 0 unspecified atom stereocenters. The van der Waals surface area contributed by atoms with E-state index in [9.17, 15) is 4.79 Å². The van der Waals surface area contributed by atoms with Crippen molar-refractivity contribution in [1.29, 1.82) is 0 Å². The zero-order valence-corrected chi connectivity index (χ0v) is 9.26. The lowest BCUT2D eigenvalue weighted by Crippen LogP contribution is -1.98. The molecule has 0 fully saturated rings. The van der Waals surface area contributed by atoms with Crippen LogP contribution < -0.4 is 0 Å². The van der Waals surface area contributed by atoms with E-state index in [2.05, 4.69) is 19.9 Å². The van der Waals surface area contributed by atoms with E-state index in [0.29, 0.717) is 0 Å². The van der Waals surface area contributed by atoms with Crippen LogP contribution in [-0.4, -0.2) is 6.29 Å². The van der Waals surface area contributed by atoms with E-state index in [1.54, 1.807) is 6.08 Å². The monoisotopic (exact) mass is 190 g/mol. The maximum atomic E-state index is 10.3. The first-order valence-electron chi connectivity index (χ1n) is 5.14. The van der Waals surface area contributed by atoms with E-state index < -0.39 is 0 Å². The quantitative estimate of drug-likeness (QED) is 0.480. The molecule has 0 spiro atoms. The molecule has 0 aromatic heterocycles. The highest BCUT2D eigenvalue weighted by atomic mass is 16.1. The Morgan fingerprint density at radius 1 is 1.29 bits per heavy atom. The van der Waals surface area contributed by atoms with Gasteiger partial charge in [-0.05, 0) is 62.8 Å². The molecule has 1 heteroatoms. The normalized spacial score (nSPS) is 21.6. The summed E-state index contributed by atoms with van der Waals surface area (Å²) < 4.78 is 0. The van der Waals surface area contributed by atoms with Crippen molar-refractivity contribution in [2.75, 3.05) is 0 Å². The highest BCUT2D eigenvalue weighted by Gasteiger charge is 2.09. The summed E-state index contributed by atoms with van der Waals surface area (Å²) in [6.07, 6.45) is 8.20. The summed E-state index contributed by atoms with van der Waals surface area (Å²) in [6, 6.07) is 0. The molecule has 0 saturated heterocycles. The topological polar surface area (TPSA) is 17.1 Å². The Morgan fingerprint density at radius 2 is 2.00 bits per heavy atom. The number of hydrogen-bond donors (Lipinski definition) is 0. The molecule has 1 nitrogen and oxygen atoms in total. The molecular weight excluding hydrogens is 172 g/mol. The Balaban J connectivity index is 2.92. The average Bonchev–Trinajstić information content (AvgIpc) is 2.13. The third kappa shape index (κ3) is 2.69. The Bertz CT molecular complexity index is 316. The van der Waals surface area contributed by atoms with Crippen molar-refractivity contribution in [3.8, 4) is 0 Å². The summed E-state index contributed by atoms with van der Waals surface area (Å²) in [5.74, 6) is 0. The van der Waals surface area contributed by atoms with Gasteiger partial charge in [0.15, 0.2) is 0 Å². The largest absolute Gasteiger partial charge is 0.299 e. The number of aldehydes is 1. The zero-order chi connectivity index (χ0) is 10.6. The molecule has 0 aromatic rings. The molecule has 0 amide bonds. The van der Waals surface area contributed by atoms with Crippen molar-refractivity contribution in [1.82, 2.24) is 0 Å². The minimum absolute atomic E-state index is 0.848. The number of rotatable bonds is 2. The Morgan fingerprint density at radius 3 is 2.64 bits per heavy atom. The van der Waals surface area contributed by atoms with Crippen LogP contribution in [0.15, 0.2) is 34.4 Å². The van der Waals surface area contributed by atoms with E-state index in [4.69, 9.17) is 0 Å². The molecule has 0 saturated carbocycles. The number of carbonyl (C=O) groups is 1. The molecule has 0 aliphatic heterocycles. The molecule has 0 heterocycles. The lowest BCUT2D eigenvalue weighted by molar-refractivity contribution is -0.104. The van der Waals surface area contributed by atoms with Crippen molar-refractivity contribution in [2.24, 2.45) is 0 Å². The van der Waals surface area contributed by atoms with Gasteiger partial charge >= 0.3 is 0 Å². The van der Waals surface area contributed by atoms with Crippen LogP contribution in [-0.2, 0) is 4.79 Å². The van der Waals surface area contributed by atoms with Crippen LogP contribution in [0.2, 0.25) is 0 Å². The summed E-state index contributed by atoms with van der Waals surface area (Å²) in [7, 11) is 0. The highest BCUT2D eigenvalue weighted by Crippen LogP contribution is 2.29. The van der Waals surface area contributed by atoms with E-state index in [1.807, 2.05) is 6.92 Å². The first-order chi connectivity index (χ1) is 6.65. The number of carbonyl (C=O) groups excluding carboxylic acids is 1. The van der Waals surface area contributed by atoms with Crippen molar-refractivity contribution in [2.45, 2.75) is 40.0 Å². The van der Waals surface area contributed by atoms with Gasteiger partial charge in [0.2, 0.25) is 0 Å². The predicted molar refractivity (Wildman–Crippen MR) is 60.1 cm³/mol. The molecule has 1 aliphatic carbocycles. The summed E-state index contributed by atoms with van der Waals surface area (Å²) >= 11 is 0. The summed E-state index contributed by atoms with van der Waals surface area (Å²) in [5.41, 5.74) is 5.34. The van der Waals surface area contributed by atoms with Crippen LogP contribution in [0.25, 0.3) is 0 Å². The fraction of sp³-hybridized carbons (Fsp3) is 0.462. The second-order valence-electron chi connectivity index (χ2n) is 3.98. The van der Waals surface area contributed by atoms with Crippen LogP contribution in [0.3, 0.4) is 0 Å². The molecule has 0 radical (unpaired) electrons. The Kier molecular flexibility index (Phi) is 3.87. The predicted octanol–water partition coefficient (Wildman–Crippen LogP) is 3.58. The molecule has 0 atom stereocenters. The van der Waals surface area contributed by atoms with E-state index in [0.717, 1.165) is 18.3 Å². The number of hydrogen-bond acceptors (Lipinski definition) is 1. The van der Waals surface area contributed by atoms with E-state index >= 15 is 0 Å². The van der Waals surface area contributed by atoms with Gasteiger partial charge in [0, 0.05) is 0 Å². The van der Waals surface area contributed by atoms with Gasteiger partial charge in [-0.3, -0.25) is 4.79 Å². The second-order valence-corrected chi connectivity index (χ2v) is 3.98. The van der Waals surface area contributed by atoms with Crippen LogP contribution in [0, 0.1) is 0 Å². The third-order valence-electron chi connectivity index (χ3n) is 2.85. The molecule has 0 aromatic carbocycles. The smallest absolute Gasteiger partial charge is 0.143 e. The van der Waals surface area contributed by atoms with Gasteiger partial charge in [0.05, 0.1) is 0 Å². The lowest BCUT2D eigenvalue weighted by atomic mass is 9.88. The Labute approximate surface area is 86.2 Å². The Hall–Kier alpha value is -1.11. The summed E-state index contributed by atoms with van der Waals surface area (Å²) in [6.45, 7) is 6.34. The van der Waals surface area contributed by atoms with Crippen molar-refractivity contribution < 1.29 is 4.79 Å². The van der Waals surface area contributed by atoms with Gasteiger partial charge in [-0.1, -0.05) is 11.6 Å². The standard InChI is InChI=1S/C13H18O/c1-10(7-8-14)9-13-6-4-5-11(2)12(13)3/h7-9H,4-6H2,1-3H3/b10-7-,13-9-. The van der Waals surface area contributed by atoms with Crippen molar-refractivity contribution in [3.63, 3.8) is 0 Å². The maximum Gasteiger partial charge on any atom is 0.143 e. The van der Waals surface area contributed by atoms with Crippen LogP contribution >= 0.6 is 0 Å². The first-order valence-corrected chi connectivity index (χ1v) is 5.14. The van der Waals surface area contributed by atoms with Gasteiger partial charge in [0.25, 0.3) is 0 Å². The van der Waals surface area contributed by atoms with E-state index in [-0.39, 0.29) is 0 Å². The first kappa shape index (κ1) is 11.0. The van der Waals surface area contributed by atoms with Gasteiger partial charge in [-0.15, -0.1) is 0 Å². The van der Waals surface area contributed by atoms with Crippen LogP contribution in [0.1, 0.15) is 40.0 Å². The molecule has 1 aliphatic rings. The summed E-state index contributed by atoms with van der Waals surface area (Å²) in [4.78, 5) is 10.3. The fourth-order valence-corrected chi connectivity index (χ4v) is 1.80. The second kappa shape index (κ2) is 4.94. The van der Waals surface area contributed by atoms with Crippen LogP contribution in [0.4, 0.5) is 0 Å². The molecule has 1 rings (SSSR count). The SMILES string of the molecule is CC1=C(C)/C(=C\C(C)=C/C=O)CCC1. The zero-order valence-electron chi connectivity index (χ0n) is 9.26. The molecule has 14 heavy (non-hydrogen) atoms. The van der Waals surface area contributed by atoms with Gasteiger partial charge in [-0.2, -0.15) is 0 Å². The van der Waals surface area contributed by atoms with Crippen molar-refractivity contribution >= 4 is 6.29 Å². The van der Waals surface area contributed by atoms with Gasteiger partial charge in [0.1, 0.15) is 6.29 Å². The van der Waals surface area contributed by atoms with Gasteiger partial charge in [-0.25, -0.2) is 0 Å². The molecule has 0 N–H and O–H groups in total. The minimum Gasteiger partial charge on any atom is -0.299 e. The third-order valence-corrected chi connectivity index (χ3v) is 2.85. The van der Waals surface area contributed by atoms with Crippen molar-refractivity contribution in [3.05, 3.63) is 34.4 Å². The maximum absolute atomic E-state index is 10.3. The fourth-order valence-electron chi connectivity index (χ4n) is 1.80. The summed E-state index contributed by atoms with van der Waals surface area (Å²) in [5, 5.41) is 0. The minimum atomic E-state index is 0.848. The average molecular weight is 190 g/mol. The highest BCUT2D eigenvalue weighted by molar-refractivity contribution is 5.67. The molecule has 0 bridgehead atoms. The molecular formula is C13H18O. The van der Waals surface area contributed by atoms with E-state index in [1.165, 1.54) is 29.6 Å². The number of allylic oxidation sites excluding steroid dienone is 6.